The highest BCUT2D eigenvalue weighted by Crippen LogP contribution is 2.31. The minimum Gasteiger partial charge on any atom is -0.394 e. The summed E-state index contributed by atoms with van der Waals surface area (Å²) in [5.41, 5.74) is 9.53. The van der Waals surface area contributed by atoms with Crippen LogP contribution in [0.2, 0.25) is 0 Å². The fourth-order valence-electron chi connectivity index (χ4n) is 2.50. The number of ether oxygens (including phenoxy) is 1. The number of nitrogens with two attached hydrogens (primary N) is 2. The Labute approximate surface area is 119 Å². The third kappa shape index (κ3) is 2.45. The Morgan fingerprint density at radius 3 is 2.67 bits per heavy atom. The molecule has 2 aliphatic rings. The van der Waals surface area contributed by atoms with Crippen molar-refractivity contribution >= 4 is 18.3 Å². The van der Waals surface area contributed by atoms with Crippen LogP contribution in [0.5, 0.6) is 0 Å². The number of nitrogens with zero attached hydrogens (tertiary/aromatic N) is 1. The second-order valence-electron chi connectivity index (χ2n) is 4.85. The lowest BCUT2D eigenvalue weighted by Gasteiger charge is -2.40. The van der Waals surface area contributed by atoms with Crippen molar-refractivity contribution < 1.29 is 29.6 Å². The molecular weight excluding hydrogens is 286 g/mol. The van der Waals surface area contributed by atoms with Crippen molar-refractivity contribution in [1.29, 1.82) is 0 Å². The number of hydrogen-bond acceptors (Lipinski definition) is 9. The van der Waals surface area contributed by atoms with Gasteiger partial charge in [0.05, 0.1) is 6.61 Å². The molecule has 0 aliphatic carbocycles. The zero-order chi connectivity index (χ0) is 15.8. The molecule has 9 N–H and O–H groups in total. The fraction of sp³-hybridized carbons (Fsp3) is 0.700. The first-order valence-electron chi connectivity index (χ1n) is 6.12. The summed E-state index contributed by atoms with van der Waals surface area (Å²) in [7, 11) is 0. The average Bonchev–Trinajstić information content (AvgIpc) is 2.71. The van der Waals surface area contributed by atoms with E-state index in [-0.39, 0.29) is 12.4 Å². The van der Waals surface area contributed by atoms with Gasteiger partial charge in [0, 0.05) is 0 Å². The van der Waals surface area contributed by atoms with Crippen molar-refractivity contribution in [3.05, 3.63) is 0 Å². The Kier molecular flexibility index (Phi) is 4.11. The molecule has 1 saturated heterocycles. The van der Waals surface area contributed by atoms with Crippen LogP contribution in [0, 0.1) is 0 Å². The maximum absolute atomic E-state index is 11.9. The summed E-state index contributed by atoms with van der Waals surface area (Å²) < 4.78 is 5.28. The lowest BCUT2D eigenvalue weighted by atomic mass is 9.89. The van der Waals surface area contributed by atoms with Crippen molar-refractivity contribution in [2.24, 2.45) is 16.5 Å². The summed E-state index contributed by atoms with van der Waals surface area (Å²) in [5.74, 6) is -1.06. The Morgan fingerprint density at radius 1 is 1.48 bits per heavy atom. The molecule has 0 spiro atoms. The van der Waals surface area contributed by atoms with E-state index >= 15 is 0 Å². The third-order valence-electron chi connectivity index (χ3n) is 3.52. The predicted molar refractivity (Wildman–Crippen MR) is 67.4 cm³/mol. The second kappa shape index (κ2) is 5.54. The molecule has 3 unspecified atom stereocenters. The van der Waals surface area contributed by atoms with E-state index in [1.54, 1.807) is 0 Å². The molecule has 6 atom stereocenters. The molecule has 0 bridgehead atoms. The highest BCUT2D eigenvalue weighted by Gasteiger charge is 2.58. The molecule has 2 aliphatic heterocycles. The molecule has 11 heteroatoms. The molecule has 2 rings (SSSR count). The van der Waals surface area contributed by atoms with Crippen LogP contribution in [0.15, 0.2) is 4.99 Å². The Hall–Kier alpha value is -1.79. The van der Waals surface area contributed by atoms with Gasteiger partial charge in [0.1, 0.15) is 30.5 Å². The second-order valence-corrected chi connectivity index (χ2v) is 4.85. The maximum atomic E-state index is 11.9. The van der Waals surface area contributed by atoms with E-state index in [4.69, 9.17) is 21.3 Å². The van der Waals surface area contributed by atoms with Crippen molar-refractivity contribution in [2.75, 3.05) is 6.61 Å². The number of guanidine groups is 1. The molecule has 11 nitrogen and oxygen atoms in total. The molecule has 0 saturated carbocycles. The van der Waals surface area contributed by atoms with Gasteiger partial charge in [-0.3, -0.25) is 14.9 Å². The van der Waals surface area contributed by atoms with Gasteiger partial charge in [-0.25, -0.2) is 4.99 Å². The van der Waals surface area contributed by atoms with Crippen molar-refractivity contribution in [3.63, 3.8) is 0 Å². The molecule has 21 heavy (non-hydrogen) atoms. The molecule has 2 heterocycles. The Morgan fingerprint density at radius 2 is 2.14 bits per heavy atom. The first kappa shape index (κ1) is 15.6. The molecular formula is C10H17N5O6. The van der Waals surface area contributed by atoms with E-state index in [1.165, 1.54) is 0 Å². The van der Waals surface area contributed by atoms with Crippen molar-refractivity contribution in [2.45, 2.75) is 36.1 Å². The van der Waals surface area contributed by atoms with Gasteiger partial charge in [-0.2, -0.15) is 0 Å². The van der Waals surface area contributed by atoms with Gasteiger partial charge >= 0.3 is 0 Å². The van der Waals surface area contributed by atoms with Gasteiger partial charge in [-0.1, -0.05) is 0 Å². The smallest absolute Gasteiger partial charge is 0.253 e. The van der Waals surface area contributed by atoms with Gasteiger partial charge in [-0.15, -0.1) is 0 Å². The van der Waals surface area contributed by atoms with Crippen LogP contribution in [-0.4, -0.2) is 76.3 Å². The minimum atomic E-state index is -1.93. The van der Waals surface area contributed by atoms with Crippen LogP contribution in [0.4, 0.5) is 0 Å². The molecule has 0 aromatic carbocycles. The Balaban J connectivity index is 2.39. The minimum absolute atomic E-state index is 0.240. The maximum Gasteiger partial charge on any atom is 0.253 e. The third-order valence-corrected chi connectivity index (χ3v) is 3.52. The quantitative estimate of drug-likeness (QED) is 0.250. The number of amides is 2. The lowest BCUT2D eigenvalue weighted by Crippen LogP contribution is -2.73. The average molecular weight is 303 g/mol. The number of aliphatic hydroxyl groups is 3. The summed E-state index contributed by atoms with van der Waals surface area (Å²) in [6.45, 7) is -0.567. The number of nitrogens with one attached hydrogen (secondary N) is 2. The monoisotopic (exact) mass is 303 g/mol. The number of carbonyl (C=O) groups excluding carboxylic acids is 2. The molecule has 0 radical (unpaired) electrons. The number of hydrogen-bond donors (Lipinski definition) is 7. The van der Waals surface area contributed by atoms with Crippen LogP contribution < -0.4 is 22.1 Å². The predicted octanol–water partition coefficient (Wildman–Crippen LogP) is -5.32. The Bertz CT molecular complexity index is 473. The summed E-state index contributed by atoms with van der Waals surface area (Å²) >= 11 is 0. The van der Waals surface area contributed by atoms with E-state index in [0.29, 0.717) is 0 Å². The van der Waals surface area contributed by atoms with E-state index in [9.17, 15) is 19.8 Å². The van der Waals surface area contributed by atoms with E-state index in [2.05, 4.69) is 15.6 Å². The van der Waals surface area contributed by atoms with Crippen molar-refractivity contribution in [1.82, 2.24) is 10.6 Å². The summed E-state index contributed by atoms with van der Waals surface area (Å²) in [5, 5.41) is 33.2. The van der Waals surface area contributed by atoms with Crippen LogP contribution in [0.3, 0.4) is 0 Å². The standard InChI is InChI=1S/C10H17N5O6/c11-9-14-8(20)6(13-2-17)10(12,15-9)7-5(19)4(18)3(1-16)21-7/h2-7,16,18-19H,1,12H2,(H,13,17)(H3,11,14,15,20)/t3-,4-,5-,6?,7?,10?/m1/s1. The number of aliphatic hydroxyl groups excluding tert-OH is 3. The SMILES string of the molecule is NC1=NC(N)(C2O[C@H](CO)[C@@H](O)[C@H]2O)C(NC=O)C(=O)N1. The topological polar surface area (TPSA) is 193 Å². The largest absolute Gasteiger partial charge is 0.394 e. The summed E-state index contributed by atoms with van der Waals surface area (Å²) in [6, 6.07) is -1.37. The number of carbonyl (C=O) groups is 2. The molecule has 2 amide bonds. The van der Waals surface area contributed by atoms with E-state index < -0.39 is 48.6 Å². The van der Waals surface area contributed by atoms with Crippen LogP contribution in [0.25, 0.3) is 0 Å². The molecule has 0 aromatic rings. The number of aliphatic imine (C=N–C) groups is 1. The van der Waals surface area contributed by atoms with Gasteiger partial charge in [0.25, 0.3) is 5.91 Å². The van der Waals surface area contributed by atoms with Crippen LogP contribution >= 0.6 is 0 Å². The summed E-state index contributed by atoms with van der Waals surface area (Å²) in [6.07, 6.45) is -5.15. The van der Waals surface area contributed by atoms with Crippen LogP contribution in [-0.2, 0) is 14.3 Å². The molecule has 1 fully saturated rings. The van der Waals surface area contributed by atoms with Crippen LogP contribution in [0.1, 0.15) is 0 Å². The van der Waals surface area contributed by atoms with Gasteiger partial charge in [0.2, 0.25) is 6.41 Å². The van der Waals surface area contributed by atoms with E-state index in [0.717, 1.165) is 0 Å². The van der Waals surface area contributed by atoms with Crippen molar-refractivity contribution in [3.8, 4) is 0 Å². The highest BCUT2D eigenvalue weighted by atomic mass is 16.6. The molecule has 118 valence electrons. The fourth-order valence-corrected chi connectivity index (χ4v) is 2.50. The van der Waals surface area contributed by atoms with E-state index in [1.807, 2.05) is 0 Å². The number of rotatable bonds is 4. The normalized spacial score (nSPS) is 43.1. The lowest BCUT2D eigenvalue weighted by molar-refractivity contribution is -0.131. The molecule has 0 aromatic heterocycles. The van der Waals surface area contributed by atoms with Gasteiger partial charge in [0.15, 0.2) is 11.6 Å². The first-order chi connectivity index (χ1) is 9.85. The van der Waals surface area contributed by atoms with Gasteiger partial charge in [-0.05, 0) is 0 Å². The first-order valence-corrected chi connectivity index (χ1v) is 6.12. The summed E-state index contributed by atoms with van der Waals surface area (Å²) in [4.78, 5) is 26.4. The zero-order valence-corrected chi connectivity index (χ0v) is 10.8. The zero-order valence-electron chi connectivity index (χ0n) is 10.8. The van der Waals surface area contributed by atoms with Gasteiger partial charge < -0.3 is 36.8 Å². The highest BCUT2D eigenvalue weighted by molar-refractivity contribution is 6.02.